The second kappa shape index (κ2) is 7.07. The van der Waals surface area contributed by atoms with E-state index in [1.165, 1.54) is 11.8 Å². The molecular weight excluding hydrogens is 362 g/mol. The van der Waals surface area contributed by atoms with Crippen LogP contribution in [0.25, 0.3) is 0 Å². The topological polar surface area (TPSA) is 81.7 Å². The third-order valence-corrected chi connectivity index (χ3v) is 5.60. The molecule has 2 atom stereocenters. The Hall–Kier alpha value is -2.03. The van der Waals surface area contributed by atoms with Crippen LogP contribution in [0.1, 0.15) is 10.8 Å². The first kappa shape index (κ1) is 17.8. The largest absolute Gasteiger partial charge is 0.497 e. The van der Waals surface area contributed by atoms with Crippen LogP contribution in [0, 0.1) is 0 Å². The molecule has 6 nitrogen and oxygen atoms in total. The van der Waals surface area contributed by atoms with E-state index in [0.717, 1.165) is 16.7 Å². The van der Waals surface area contributed by atoms with Gasteiger partial charge in [-0.2, -0.15) is 8.42 Å². The third-order valence-electron chi connectivity index (χ3n) is 3.66. The lowest BCUT2D eigenvalue weighted by Gasteiger charge is -2.22. The molecule has 2 unspecified atom stereocenters. The van der Waals surface area contributed by atoms with Gasteiger partial charge in [-0.3, -0.25) is 8.98 Å². The van der Waals surface area contributed by atoms with Crippen LogP contribution >= 0.6 is 11.8 Å². The Morgan fingerprint density at radius 2 is 1.76 bits per heavy atom. The molecule has 3 rings (SSSR count). The van der Waals surface area contributed by atoms with Gasteiger partial charge in [0.15, 0.2) is 6.10 Å². The Labute approximate surface area is 150 Å². The van der Waals surface area contributed by atoms with Crippen LogP contribution in [0.2, 0.25) is 0 Å². The maximum atomic E-state index is 12.6. The molecule has 25 heavy (non-hydrogen) atoms. The van der Waals surface area contributed by atoms with E-state index in [2.05, 4.69) is 5.32 Å². The van der Waals surface area contributed by atoms with Crippen molar-refractivity contribution in [2.24, 2.45) is 0 Å². The van der Waals surface area contributed by atoms with Crippen LogP contribution in [0.3, 0.4) is 0 Å². The van der Waals surface area contributed by atoms with Crippen molar-refractivity contribution >= 4 is 33.5 Å². The van der Waals surface area contributed by atoms with E-state index in [1.807, 2.05) is 12.1 Å². The van der Waals surface area contributed by atoms with E-state index in [9.17, 15) is 13.2 Å². The van der Waals surface area contributed by atoms with Gasteiger partial charge >= 0.3 is 0 Å². The van der Waals surface area contributed by atoms with Gasteiger partial charge in [-0.1, -0.05) is 24.3 Å². The molecule has 0 radical (unpaired) electrons. The van der Waals surface area contributed by atoms with Crippen molar-refractivity contribution in [2.45, 2.75) is 16.2 Å². The summed E-state index contributed by atoms with van der Waals surface area (Å²) in [5, 5.41) is 2.22. The molecule has 2 aromatic rings. The maximum Gasteiger partial charge on any atom is 0.265 e. The number of nitrogens with one attached hydrogen (secondary N) is 1. The molecule has 0 saturated heterocycles. The fourth-order valence-corrected chi connectivity index (χ4v) is 4.45. The molecule has 132 valence electrons. The minimum atomic E-state index is -3.81. The van der Waals surface area contributed by atoms with Crippen LogP contribution in [-0.2, 0) is 19.1 Å². The third kappa shape index (κ3) is 4.15. The molecule has 1 aliphatic rings. The van der Waals surface area contributed by atoms with E-state index in [4.69, 9.17) is 8.92 Å². The predicted octanol–water partition coefficient (Wildman–Crippen LogP) is 2.83. The summed E-state index contributed by atoms with van der Waals surface area (Å²) in [6.45, 7) is 0. The molecule has 1 amide bonds. The van der Waals surface area contributed by atoms with Gasteiger partial charge in [0.25, 0.3) is 16.0 Å². The summed E-state index contributed by atoms with van der Waals surface area (Å²) < 4.78 is 33.6. The van der Waals surface area contributed by atoms with E-state index < -0.39 is 27.4 Å². The molecule has 1 aliphatic heterocycles. The lowest BCUT2D eigenvalue weighted by Crippen LogP contribution is -2.35. The Kier molecular flexibility index (Phi) is 5.03. The number of para-hydroxylation sites is 1. The van der Waals surface area contributed by atoms with Gasteiger partial charge in [-0.25, -0.2) is 0 Å². The number of fused-ring (bicyclic) bond motifs is 1. The Morgan fingerprint density at radius 1 is 1.08 bits per heavy atom. The highest BCUT2D eigenvalue weighted by atomic mass is 32.2. The fraction of sp³-hybridized carbons (Fsp3) is 0.235. The molecule has 2 aromatic carbocycles. The number of amides is 1. The van der Waals surface area contributed by atoms with Gasteiger partial charge in [0.05, 0.1) is 24.3 Å². The molecule has 1 N–H and O–H groups in total. The Morgan fingerprint density at radius 3 is 2.40 bits per heavy atom. The summed E-state index contributed by atoms with van der Waals surface area (Å²) in [7, 11) is -2.25. The lowest BCUT2D eigenvalue weighted by atomic mass is 10.1. The number of anilines is 1. The summed E-state index contributed by atoms with van der Waals surface area (Å²) in [6.07, 6.45) is -0.241. The lowest BCUT2D eigenvalue weighted by molar-refractivity contribution is -0.122. The van der Waals surface area contributed by atoms with Crippen molar-refractivity contribution in [3.63, 3.8) is 0 Å². The van der Waals surface area contributed by atoms with Gasteiger partial charge in [0, 0.05) is 4.90 Å². The average Bonchev–Trinajstić information content (AvgIpc) is 2.71. The number of ether oxygens (including phenoxy) is 1. The zero-order chi connectivity index (χ0) is 18.0. The van der Waals surface area contributed by atoms with Gasteiger partial charge < -0.3 is 10.1 Å². The highest BCUT2D eigenvalue weighted by molar-refractivity contribution is 7.99. The van der Waals surface area contributed by atoms with Crippen molar-refractivity contribution < 1.29 is 22.1 Å². The maximum absolute atomic E-state index is 12.6. The molecule has 0 aromatic heterocycles. The molecule has 1 heterocycles. The predicted molar refractivity (Wildman–Crippen MR) is 96.4 cm³/mol. The minimum absolute atomic E-state index is 0.497. The SMILES string of the molecule is COc1ccc(C2Sc3ccccc3NC(=O)C2OS(C)(=O)=O)cc1. The van der Waals surface area contributed by atoms with Crippen LogP contribution in [0.15, 0.2) is 53.4 Å². The number of benzene rings is 2. The van der Waals surface area contributed by atoms with Crippen molar-refractivity contribution in [2.75, 3.05) is 18.7 Å². The number of hydrogen-bond acceptors (Lipinski definition) is 6. The molecule has 0 fully saturated rings. The normalized spacial score (nSPS) is 20.3. The number of rotatable bonds is 4. The Balaban J connectivity index is 2.05. The highest BCUT2D eigenvalue weighted by Crippen LogP contribution is 2.45. The number of carbonyl (C=O) groups is 1. The van der Waals surface area contributed by atoms with Crippen LogP contribution < -0.4 is 10.1 Å². The zero-order valence-electron chi connectivity index (χ0n) is 13.6. The van der Waals surface area contributed by atoms with Crippen LogP contribution in [0.4, 0.5) is 5.69 Å². The summed E-state index contributed by atoms with van der Waals surface area (Å²) in [4.78, 5) is 13.5. The monoisotopic (exact) mass is 379 g/mol. The summed E-state index contributed by atoms with van der Waals surface area (Å²) in [5.74, 6) is 0.177. The van der Waals surface area contributed by atoms with Crippen molar-refractivity contribution in [3.05, 3.63) is 54.1 Å². The smallest absolute Gasteiger partial charge is 0.265 e. The summed E-state index contributed by atoms with van der Waals surface area (Å²) in [5.41, 5.74) is 1.40. The quantitative estimate of drug-likeness (QED) is 0.823. The van der Waals surface area contributed by atoms with E-state index in [-0.39, 0.29) is 0 Å². The van der Waals surface area contributed by atoms with E-state index >= 15 is 0 Å². The summed E-state index contributed by atoms with van der Waals surface area (Å²) in [6, 6.07) is 14.4. The van der Waals surface area contributed by atoms with Crippen molar-refractivity contribution in [1.82, 2.24) is 0 Å². The molecule has 0 spiro atoms. The van der Waals surface area contributed by atoms with Crippen molar-refractivity contribution in [1.29, 1.82) is 0 Å². The fourth-order valence-electron chi connectivity index (χ4n) is 2.53. The Bertz CT molecular complexity index is 880. The number of hydrogen-bond donors (Lipinski definition) is 1. The number of methoxy groups -OCH3 is 1. The summed E-state index contributed by atoms with van der Waals surface area (Å²) >= 11 is 1.38. The van der Waals surface area contributed by atoms with Crippen LogP contribution in [0.5, 0.6) is 5.75 Å². The van der Waals surface area contributed by atoms with Gasteiger partial charge in [-0.15, -0.1) is 11.8 Å². The molecular formula is C17H17NO5S2. The second-order valence-corrected chi connectivity index (χ2v) is 8.30. The van der Waals surface area contributed by atoms with E-state index in [1.54, 1.807) is 43.5 Å². The average molecular weight is 379 g/mol. The molecule has 0 bridgehead atoms. The van der Waals surface area contributed by atoms with Gasteiger partial charge in [0.1, 0.15) is 5.75 Å². The van der Waals surface area contributed by atoms with Crippen LogP contribution in [-0.4, -0.2) is 33.8 Å². The first-order chi connectivity index (χ1) is 11.9. The standard InChI is InChI=1S/C17H17NO5S2/c1-22-12-9-7-11(8-10-12)16-15(23-25(2,20)21)17(19)18-13-5-3-4-6-14(13)24-16/h3-10,15-16H,1-2H3,(H,18,19). The van der Waals surface area contributed by atoms with Gasteiger partial charge in [-0.05, 0) is 29.8 Å². The molecule has 0 saturated carbocycles. The second-order valence-electron chi connectivity index (χ2n) is 5.52. The first-order valence-corrected chi connectivity index (χ1v) is 10.2. The number of carbonyl (C=O) groups excluding carboxylic acids is 1. The highest BCUT2D eigenvalue weighted by Gasteiger charge is 2.37. The molecule has 0 aliphatic carbocycles. The van der Waals surface area contributed by atoms with Gasteiger partial charge in [0.2, 0.25) is 0 Å². The minimum Gasteiger partial charge on any atom is -0.497 e. The van der Waals surface area contributed by atoms with E-state index in [0.29, 0.717) is 11.4 Å². The molecule has 8 heteroatoms. The zero-order valence-corrected chi connectivity index (χ0v) is 15.3. The number of thioether (sulfide) groups is 1. The first-order valence-electron chi connectivity index (χ1n) is 7.46. The van der Waals surface area contributed by atoms with Crippen molar-refractivity contribution in [3.8, 4) is 5.75 Å².